The first-order valence-corrected chi connectivity index (χ1v) is 8.01. The van der Waals surface area contributed by atoms with E-state index in [2.05, 4.69) is 34.5 Å². The second kappa shape index (κ2) is 6.58. The number of likely N-dealkylation sites (N-methyl/N-ethyl adjacent to an activating group) is 1. The van der Waals surface area contributed by atoms with Gasteiger partial charge in [-0.3, -0.25) is 9.69 Å². The average Bonchev–Trinajstić information content (AvgIpc) is 2.49. The van der Waals surface area contributed by atoms with Crippen molar-refractivity contribution in [1.29, 1.82) is 0 Å². The van der Waals surface area contributed by atoms with Crippen LogP contribution in [0.4, 0.5) is 5.69 Å². The molecule has 2 aliphatic heterocycles. The first-order chi connectivity index (χ1) is 10.2. The van der Waals surface area contributed by atoms with Crippen LogP contribution in [-0.4, -0.2) is 50.6 Å². The van der Waals surface area contributed by atoms with Crippen LogP contribution in [0.25, 0.3) is 0 Å². The van der Waals surface area contributed by atoms with E-state index in [1.807, 2.05) is 11.9 Å². The highest BCUT2D eigenvalue weighted by atomic mass is 16.2. The Hall–Kier alpha value is -1.39. The molecule has 2 aliphatic rings. The highest BCUT2D eigenvalue weighted by Gasteiger charge is 2.22. The Bertz CT molecular complexity index is 479. The second-order valence-electron chi connectivity index (χ2n) is 6.37. The summed E-state index contributed by atoms with van der Waals surface area (Å²) in [5.74, 6) is 0.961. The van der Waals surface area contributed by atoms with Crippen molar-refractivity contribution in [3.63, 3.8) is 0 Å². The number of nitrogens with one attached hydrogen (secondary N) is 1. The van der Waals surface area contributed by atoms with Gasteiger partial charge in [-0.1, -0.05) is 12.1 Å². The van der Waals surface area contributed by atoms with Crippen LogP contribution in [0.15, 0.2) is 24.3 Å². The van der Waals surface area contributed by atoms with Crippen LogP contribution in [0.1, 0.15) is 18.4 Å². The smallest absolute Gasteiger partial charge is 0.241 e. The molecule has 1 amide bonds. The monoisotopic (exact) mass is 287 g/mol. The quantitative estimate of drug-likeness (QED) is 0.915. The van der Waals surface area contributed by atoms with Gasteiger partial charge in [-0.05, 0) is 63.0 Å². The topological polar surface area (TPSA) is 35.6 Å². The molecule has 1 aromatic carbocycles. The van der Waals surface area contributed by atoms with Gasteiger partial charge in [-0.25, -0.2) is 0 Å². The van der Waals surface area contributed by atoms with Gasteiger partial charge in [0.25, 0.3) is 0 Å². The van der Waals surface area contributed by atoms with Gasteiger partial charge in [-0.2, -0.15) is 0 Å². The van der Waals surface area contributed by atoms with Crippen LogP contribution in [0.3, 0.4) is 0 Å². The number of hydrogen-bond donors (Lipinski definition) is 1. The summed E-state index contributed by atoms with van der Waals surface area (Å²) in [6, 6.07) is 8.59. The zero-order chi connectivity index (χ0) is 14.7. The molecule has 0 aromatic heterocycles. The molecule has 2 saturated heterocycles. The van der Waals surface area contributed by atoms with Gasteiger partial charge in [0.1, 0.15) is 0 Å². The summed E-state index contributed by atoms with van der Waals surface area (Å²) < 4.78 is 0. The van der Waals surface area contributed by atoms with E-state index in [4.69, 9.17) is 0 Å². The number of piperazine rings is 1. The third-order valence-corrected chi connectivity index (χ3v) is 4.58. The fourth-order valence-electron chi connectivity index (χ4n) is 3.31. The van der Waals surface area contributed by atoms with Crippen molar-refractivity contribution in [3.8, 4) is 0 Å². The molecule has 0 spiro atoms. The van der Waals surface area contributed by atoms with Crippen molar-refractivity contribution < 1.29 is 4.79 Å². The molecule has 1 atom stereocenters. The largest absolute Gasteiger partial charge is 0.316 e. The zero-order valence-electron chi connectivity index (χ0n) is 12.8. The standard InChI is InChI=1S/C17H25N3O/c1-19-9-10-20(17(21)13-19)16-6-4-14(5-7-16)11-15-3-2-8-18-12-15/h4-7,15,18H,2-3,8-13H2,1H3. The molecule has 114 valence electrons. The number of carbonyl (C=O) groups is 1. The number of benzene rings is 1. The van der Waals surface area contributed by atoms with E-state index in [9.17, 15) is 4.79 Å². The molecule has 2 heterocycles. The van der Waals surface area contributed by atoms with Gasteiger partial charge in [-0.15, -0.1) is 0 Å². The van der Waals surface area contributed by atoms with E-state index in [-0.39, 0.29) is 5.91 Å². The van der Waals surface area contributed by atoms with Gasteiger partial charge in [0.15, 0.2) is 0 Å². The SMILES string of the molecule is CN1CCN(c2ccc(CC3CCCNC3)cc2)C(=O)C1. The molecular formula is C17H25N3O. The maximum atomic E-state index is 12.1. The predicted octanol–water partition coefficient (Wildman–Crippen LogP) is 1.51. The summed E-state index contributed by atoms with van der Waals surface area (Å²) in [6.45, 7) is 4.57. The number of anilines is 1. The Kier molecular flexibility index (Phi) is 4.56. The minimum atomic E-state index is 0.202. The molecule has 0 radical (unpaired) electrons. The number of carbonyl (C=O) groups excluding carboxylic acids is 1. The van der Waals surface area contributed by atoms with Crippen LogP contribution in [0, 0.1) is 5.92 Å². The Balaban J connectivity index is 1.62. The van der Waals surface area contributed by atoms with Gasteiger partial charge in [0.2, 0.25) is 5.91 Å². The van der Waals surface area contributed by atoms with Crippen molar-refractivity contribution in [3.05, 3.63) is 29.8 Å². The van der Waals surface area contributed by atoms with Crippen molar-refractivity contribution in [2.24, 2.45) is 5.92 Å². The Morgan fingerprint density at radius 3 is 2.71 bits per heavy atom. The first-order valence-electron chi connectivity index (χ1n) is 8.01. The second-order valence-corrected chi connectivity index (χ2v) is 6.37. The number of hydrogen-bond acceptors (Lipinski definition) is 3. The van der Waals surface area contributed by atoms with Crippen LogP contribution >= 0.6 is 0 Å². The predicted molar refractivity (Wildman–Crippen MR) is 85.6 cm³/mol. The average molecular weight is 287 g/mol. The van der Waals surface area contributed by atoms with Gasteiger partial charge in [0, 0.05) is 18.8 Å². The van der Waals surface area contributed by atoms with E-state index in [1.165, 1.54) is 24.9 Å². The Labute approximate surface area is 127 Å². The highest BCUT2D eigenvalue weighted by Crippen LogP contribution is 2.21. The number of rotatable bonds is 3. The molecule has 1 N–H and O–H groups in total. The van der Waals surface area contributed by atoms with E-state index in [0.717, 1.165) is 37.7 Å². The zero-order valence-corrected chi connectivity index (χ0v) is 12.8. The fourth-order valence-corrected chi connectivity index (χ4v) is 3.31. The minimum Gasteiger partial charge on any atom is -0.316 e. The third-order valence-electron chi connectivity index (χ3n) is 4.58. The number of nitrogens with zero attached hydrogens (tertiary/aromatic N) is 2. The summed E-state index contributed by atoms with van der Waals surface area (Å²) in [6.07, 6.45) is 3.76. The molecule has 3 rings (SSSR count). The van der Waals surface area contributed by atoms with Crippen molar-refractivity contribution >= 4 is 11.6 Å². The van der Waals surface area contributed by atoms with E-state index in [0.29, 0.717) is 6.54 Å². The lowest BCUT2D eigenvalue weighted by atomic mass is 9.92. The van der Waals surface area contributed by atoms with Gasteiger partial charge >= 0.3 is 0 Å². The van der Waals surface area contributed by atoms with Crippen LogP contribution in [0.2, 0.25) is 0 Å². The summed E-state index contributed by atoms with van der Waals surface area (Å²) in [4.78, 5) is 16.1. The molecule has 4 heteroatoms. The van der Waals surface area contributed by atoms with Gasteiger partial charge in [0.05, 0.1) is 6.54 Å². The van der Waals surface area contributed by atoms with Crippen LogP contribution in [-0.2, 0) is 11.2 Å². The number of piperidine rings is 1. The lowest BCUT2D eigenvalue weighted by Gasteiger charge is -2.32. The molecule has 21 heavy (non-hydrogen) atoms. The fraction of sp³-hybridized carbons (Fsp3) is 0.588. The molecule has 4 nitrogen and oxygen atoms in total. The lowest BCUT2D eigenvalue weighted by molar-refractivity contribution is -0.120. The molecule has 0 aliphatic carbocycles. The lowest BCUT2D eigenvalue weighted by Crippen LogP contribution is -2.48. The van der Waals surface area contributed by atoms with Crippen molar-refractivity contribution in [1.82, 2.24) is 10.2 Å². The van der Waals surface area contributed by atoms with E-state index >= 15 is 0 Å². The molecular weight excluding hydrogens is 262 g/mol. The van der Waals surface area contributed by atoms with Crippen LogP contribution < -0.4 is 10.2 Å². The summed E-state index contributed by atoms with van der Waals surface area (Å²) in [5.41, 5.74) is 2.42. The summed E-state index contributed by atoms with van der Waals surface area (Å²) >= 11 is 0. The number of amides is 1. The Morgan fingerprint density at radius 1 is 1.24 bits per heavy atom. The first kappa shape index (κ1) is 14.5. The maximum Gasteiger partial charge on any atom is 0.241 e. The molecule has 0 saturated carbocycles. The molecule has 1 aromatic rings. The van der Waals surface area contributed by atoms with E-state index in [1.54, 1.807) is 0 Å². The van der Waals surface area contributed by atoms with Crippen molar-refractivity contribution in [2.75, 3.05) is 44.7 Å². The summed E-state index contributed by atoms with van der Waals surface area (Å²) in [5, 5.41) is 3.47. The van der Waals surface area contributed by atoms with Crippen LogP contribution in [0.5, 0.6) is 0 Å². The summed E-state index contributed by atoms with van der Waals surface area (Å²) in [7, 11) is 2.00. The van der Waals surface area contributed by atoms with Gasteiger partial charge < -0.3 is 10.2 Å². The van der Waals surface area contributed by atoms with Crippen molar-refractivity contribution in [2.45, 2.75) is 19.3 Å². The molecule has 1 unspecified atom stereocenters. The molecule has 2 fully saturated rings. The normalized spacial score (nSPS) is 24.3. The Morgan fingerprint density at radius 2 is 2.05 bits per heavy atom. The third kappa shape index (κ3) is 3.63. The maximum absolute atomic E-state index is 12.1. The van der Waals surface area contributed by atoms with E-state index < -0.39 is 0 Å². The molecule has 0 bridgehead atoms. The highest BCUT2D eigenvalue weighted by molar-refractivity contribution is 5.95. The minimum absolute atomic E-state index is 0.202.